The number of aryl methyl sites for hydroxylation is 2. The van der Waals surface area contributed by atoms with Gasteiger partial charge in [0.25, 0.3) is 5.91 Å². The molecule has 0 spiro atoms. The van der Waals surface area contributed by atoms with E-state index in [1.165, 1.54) is 0 Å². The van der Waals surface area contributed by atoms with E-state index < -0.39 is 0 Å². The summed E-state index contributed by atoms with van der Waals surface area (Å²) >= 11 is 0. The molecule has 0 saturated heterocycles. The Labute approximate surface area is 162 Å². The van der Waals surface area contributed by atoms with Crippen molar-refractivity contribution in [3.8, 4) is 16.9 Å². The third kappa shape index (κ3) is 3.07. The Morgan fingerprint density at radius 3 is 2.64 bits per heavy atom. The molecule has 0 saturated carbocycles. The van der Waals surface area contributed by atoms with Crippen LogP contribution in [0.2, 0.25) is 0 Å². The monoisotopic (exact) mass is 373 g/mol. The maximum absolute atomic E-state index is 12.7. The topological polar surface area (TPSA) is 81.4 Å². The molecule has 0 fully saturated rings. The van der Waals surface area contributed by atoms with Crippen molar-refractivity contribution >= 4 is 17.2 Å². The molecule has 0 bridgehead atoms. The normalized spacial score (nSPS) is 10.8. The molecule has 2 heterocycles. The molecule has 4 aromatic rings. The number of fused-ring (bicyclic) bond motifs is 1. The number of methoxy groups -OCH3 is 1. The van der Waals surface area contributed by atoms with Crippen LogP contribution in [-0.2, 0) is 0 Å². The molecule has 0 aliphatic rings. The van der Waals surface area contributed by atoms with Crippen LogP contribution in [0.1, 0.15) is 21.7 Å². The van der Waals surface area contributed by atoms with E-state index in [0.717, 1.165) is 22.4 Å². The molecule has 4 rings (SSSR count). The Balaban J connectivity index is 1.73. The number of ether oxygens (including phenoxy) is 1. The van der Waals surface area contributed by atoms with Crippen molar-refractivity contribution in [2.24, 2.45) is 0 Å². The Morgan fingerprint density at radius 1 is 1.04 bits per heavy atom. The third-order valence-corrected chi connectivity index (χ3v) is 4.54. The van der Waals surface area contributed by atoms with Gasteiger partial charge in [-0.1, -0.05) is 30.3 Å². The lowest BCUT2D eigenvalue weighted by atomic mass is 10.1. The minimum atomic E-state index is -0.327. The van der Waals surface area contributed by atoms with Gasteiger partial charge in [-0.3, -0.25) is 4.79 Å². The van der Waals surface area contributed by atoms with Gasteiger partial charge in [0.2, 0.25) is 0 Å². The summed E-state index contributed by atoms with van der Waals surface area (Å²) in [5.74, 6) is 0.393. The average molecular weight is 373 g/mol. The maximum atomic E-state index is 12.7. The van der Waals surface area contributed by atoms with Crippen molar-refractivity contribution in [1.82, 2.24) is 19.8 Å². The number of amides is 1. The molecular weight excluding hydrogens is 354 g/mol. The fourth-order valence-corrected chi connectivity index (χ4v) is 3.13. The van der Waals surface area contributed by atoms with Gasteiger partial charge >= 0.3 is 0 Å². The summed E-state index contributed by atoms with van der Waals surface area (Å²) in [6.07, 6.45) is 1.71. The van der Waals surface area contributed by atoms with Crippen LogP contribution in [0.3, 0.4) is 0 Å². The lowest BCUT2D eigenvalue weighted by Gasteiger charge is -2.09. The molecule has 0 aliphatic heterocycles. The number of hydrogen-bond donors (Lipinski definition) is 1. The van der Waals surface area contributed by atoms with Gasteiger partial charge in [0.1, 0.15) is 5.75 Å². The summed E-state index contributed by atoms with van der Waals surface area (Å²) in [6, 6.07) is 15.2. The Bertz CT molecular complexity index is 1180. The molecular formula is C21H19N5O2. The average Bonchev–Trinajstić information content (AvgIpc) is 3.13. The van der Waals surface area contributed by atoms with Crippen molar-refractivity contribution in [3.63, 3.8) is 0 Å². The molecule has 7 heteroatoms. The number of anilines is 1. The quantitative estimate of drug-likeness (QED) is 0.590. The molecule has 0 radical (unpaired) electrons. The van der Waals surface area contributed by atoms with E-state index in [2.05, 4.69) is 20.6 Å². The SMILES string of the molecule is COc1ccccc1-c1cnn2c(C)c(C(=O)Nc3cccc(C)c3)nnc12. The van der Waals surface area contributed by atoms with Crippen molar-refractivity contribution < 1.29 is 9.53 Å². The molecule has 28 heavy (non-hydrogen) atoms. The number of rotatable bonds is 4. The molecule has 7 nitrogen and oxygen atoms in total. The first-order valence-electron chi connectivity index (χ1n) is 8.81. The van der Waals surface area contributed by atoms with Crippen molar-refractivity contribution in [2.75, 3.05) is 12.4 Å². The number of carbonyl (C=O) groups excluding carboxylic acids is 1. The molecule has 140 valence electrons. The van der Waals surface area contributed by atoms with Gasteiger partial charge in [-0.2, -0.15) is 5.10 Å². The largest absolute Gasteiger partial charge is 0.496 e. The van der Waals surface area contributed by atoms with Gasteiger partial charge in [0.15, 0.2) is 11.3 Å². The first-order valence-corrected chi connectivity index (χ1v) is 8.81. The molecule has 2 aromatic carbocycles. The second kappa shape index (κ2) is 7.11. The van der Waals surface area contributed by atoms with E-state index in [1.54, 1.807) is 24.7 Å². The van der Waals surface area contributed by atoms with Crippen LogP contribution >= 0.6 is 0 Å². The number of aromatic nitrogens is 4. The molecule has 0 aliphatic carbocycles. The summed E-state index contributed by atoms with van der Waals surface area (Å²) in [6.45, 7) is 3.77. The summed E-state index contributed by atoms with van der Waals surface area (Å²) in [5, 5.41) is 15.7. The fraction of sp³-hybridized carbons (Fsp3) is 0.143. The van der Waals surface area contributed by atoms with Crippen LogP contribution in [0.25, 0.3) is 16.8 Å². The van der Waals surface area contributed by atoms with Crippen LogP contribution < -0.4 is 10.1 Å². The number of hydrogen-bond acceptors (Lipinski definition) is 5. The van der Waals surface area contributed by atoms with Gasteiger partial charge < -0.3 is 10.1 Å². The zero-order valence-corrected chi connectivity index (χ0v) is 15.8. The zero-order chi connectivity index (χ0) is 19.7. The highest BCUT2D eigenvalue weighted by Gasteiger charge is 2.19. The molecule has 1 amide bonds. The Morgan fingerprint density at radius 2 is 1.86 bits per heavy atom. The van der Waals surface area contributed by atoms with Gasteiger partial charge in [0.05, 0.1) is 24.6 Å². The number of carbonyl (C=O) groups is 1. The predicted octanol–water partition coefficient (Wildman–Crippen LogP) is 3.67. The molecule has 1 N–H and O–H groups in total. The minimum Gasteiger partial charge on any atom is -0.496 e. The summed E-state index contributed by atoms with van der Waals surface area (Å²) in [7, 11) is 1.62. The van der Waals surface area contributed by atoms with E-state index in [4.69, 9.17) is 4.74 Å². The summed E-state index contributed by atoms with van der Waals surface area (Å²) < 4.78 is 7.06. The lowest BCUT2D eigenvalue weighted by Crippen LogP contribution is -2.18. The highest BCUT2D eigenvalue weighted by Crippen LogP contribution is 2.32. The van der Waals surface area contributed by atoms with Gasteiger partial charge in [-0.05, 0) is 37.6 Å². The Hall–Kier alpha value is -3.74. The highest BCUT2D eigenvalue weighted by atomic mass is 16.5. The lowest BCUT2D eigenvalue weighted by molar-refractivity contribution is 0.102. The number of para-hydroxylation sites is 1. The summed E-state index contributed by atoms with van der Waals surface area (Å²) in [5.41, 5.74) is 4.82. The van der Waals surface area contributed by atoms with E-state index >= 15 is 0 Å². The molecule has 2 aromatic heterocycles. The third-order valence-electron chi connectivity index (χ3n) is 4.54. The minimum absolute atomic E-state index is 0.226. The fourth-order valence-electron chi connectivity index (χ4n) is 3.13. The maximum Gasteiger partial charge on any atom is 0.278 e. The number of nitrogens with one attached hydrogen (secondary N) is 1. The number of nitrogens with zero attached hydrogens (tertiary/aromatic N) is 4. The predicted molar refractivity (Wildman–Crippen MR) is 107 cm³/mol. The van der Waals surface area contributed by atoms with Gasteiger partial charge in [-0.25, -0.2) is 4.52 Å². The highest BCUT2D eigenvalue weighted by molar-refractivity contribution is 6.03. The van der Waals surface area contributed by atoms with Crippen molar-refractivity contribution in [1.29, 1.82) is 0 Å². The van der Waals surface area contributed by atoms with Crippen LogP contribution in [0.4, 0.5) is 5.69 Å². The van der Waals surface area contributed by atoms with Gasteiger partial charge in [-0.15, -0.1) is 10.2 Å². The van der Waals surface area contributed by atoms with E-state index in [0.29, 0.717) is 17.0 Å². The van der Waals surface area contributed by atoms with Crippen LogP contribution in [0.15, 0.2) is 54.7 Å². The van der Waals surface area contributed by atoms with Crippen LogP contribution in [0.5, 0.6) is 5.75 Å². The van der Waals surface area contributed by atoms with E-state index in [-0.39, 0.29) is 11.6 Å². The van der Waals surface area contributed by atoms with E-state index in [1.807, 2.05) is 55.5 Å². The van der Waals surface area contributed by atoms with Crippen molar-refractivity contribution in [2.45, 2.75) is 13.8 Å². The second-order valence-electron chi connectivity index (χ2n) is 6.45. The first-order chi connectivity index (χ1) is 13.6. The first kappa shape index (κ1) is 17.7. The van der Waals surface area contributed by atoms with E-state index in [9.17, 15) is 4.79 Å². The van der Waals surface area contributed by atoms with Crippen LogP contribution in [0, 0.1) is 13.8 Å². The van der Waals surface area contributed by atoms with Crippen LogP contribution in [-0.4, -0.2) is 32.8 Å². The second-order valence-corrected chi connectivity index (χ2v) is 6.45. The summed E-state index contributed by atoms with van der Waals surface area (Å²) in [4.78, 5) is 12.7. The molecule has 0 unspecified atom stereocenters. The van der Waals surface area contributed by atoms with Crippen molar-refractivity contribution in [3.05, 3.63) is 71.7 Å². The molecule has 0 atom stereocenters. The Kier molecular flexibility index (Phi) is 4.49. The standard InChI is InChI=1S/C21H19N5O2/c1-13-7-6-8-15(11-13)23-21(27)19-14(2)26-20(25-24-19)17(12-22-26)16-9-4-5-10-18(16)28-3/h4-12H,1-3H3,(H,23,27). The van der Waals surface area contributed by atoms with Gasteiger partial charge in [0, 0.05) is 11.3 Å². The zero-order valence-electron chi connectivity index (χ0n) is 15.8. The smallest absolute Gasteiger partial charge is 0.278 e. The number of benzene rings is 2.